The number of rotatable bonds is 8. The summed E-state index contributed by atoms with van der Waals surface area (Å²) in [6, 6.07) is 2.25. The zero-order valence-corrected chi connectivity index (χ0v) is 14.6. The summed E-state index contributed by atoms with van der Waals surface area (Å²) in [6.45, 7) is 5.41. The molecule has 0 bridgehead atoms. The number of hydrogen-bond acceptors (Lipinski definition) is 3. The highest BCUT2D eigenvalue weighted by Crippen LogP contribution is 2.27. The van der Waals surface area contributed by atoms with E-state index in [1.807, 2.05) is 0 Å². The minimum Gasteiger partial charge on any atom is -0.483 e. The van der Waals surface area contributed by atoms with Crippen molar-refractivity contribution in [3.8, 4) is 5.75 Å². The van der Waals surface area contributed by atoms with E-state index in [1.54, 1.807) is 0 Å². The molecule has 0 unspecified atom stereocenters. The molecule has 0 fully saturated rings. The summed E-state index contributed by atoms with van der Waals surface area (Å²) in [5, 5.41) is 8.65. The molecule has 0 aliphatic carbocycles. The van der Waals surface area contributed by atoms with Gasteiger partial charge < -0.3 is 14.6 Å². The van der Waals surface area contributed by atoms with Crippen LogP contribution in [0.4, 0.5) is 8.78 Å². The maximum Gasteiger partial charge on any atom is 0.303 e. The van der Waals surface area contributed by atoms with E-state index < -0.39 is 23.4 Å². The van der Waals surface area contributed by atoms with E-state index in [9.17, 15) is 13.6 Å². The van der Waals surface area contributed by atoms with Gasteiger partial charge in [-0.2, -0.15) is 0 Å². The molecule has 0 atom stereocenters. The second-order valence-electron chi connectivity index (χ2n) is 6.68. The quantitative estimate of drug-likeness (QED) is 0.714. The second-order valence-corrected chi connectivity index (χ2v) is 6.68. The molecule has 0 aromatic heterocycles. The molecule has 25 heavy (non-hydrogen) atoms. The highest BCUT2D eigenvalue weighted by atomic mass is 19.1. The molecular weight excluding hydrogens is 330 g/mol. The summed E-state index contributed by atoms with van der Waals surface area (Å²) in [6.07, 6.45) is 1.62. The number of benzene rings is 1. The molecule has 0 amide bonds. The van der Waals surface area contributed by atoms with Gasteiger partial charge in [-0.1, -0.05) is 19.4 Å². The van der Waals surface area contributed by atoms with Gasteiger partial charge in [0.05, 0.1) is 13.2 Å². The number of aryl methyl sites for hydroxylation is 1. The maximum atomic E-state index is 14.1. The molecule has 4 nitrogen and oxygen atoms in total. The highest BCUT2D eigenvalue weighted by molar-refractivity contribution is 5.67. The van der Waals surface area contributed by atoms with Gasteiger partial charge in [-0.25, -0.2) is 8.78 Å². The van der Waals surface area contributed by atoms with Crippen molar-refractivity contribution in [2.75, 3.05) is 19.8 Å². The molecule has 0 saturated carbocycles. The molecule has 0 saturated heterocycles. The van der Waals surface area contributed by atoms with Gasteiger partial charge in [0.1, 0.15) is 6.61 Å². The largest absolute Gasteiger partial charge is 0.483 e. The zero-order chi connectivity index (χ0) is 18.4. The molecule has 1 N–H and O–H groups in total. The number of halogens is 2. The van der Waals surface area contributed by atoms with E-state index in [-0.39, 0.29) is 19.4 Å². The SMILES string of the molecule is CC(C)CC1=C(COc2c(F)cc(CCC(=O)O)cc2F)COCC1. The Balaban J connectivity index is 2.09. The van der Waals surface area contributed by atoms with E-state index in [0.29, 0.717) is 24.7 Å². The van der Waals surface area contributed by atoms with E-state index in [4.69, 9.17) is 14.6 Å². The third kappa shape index (κ3) is 5.81. The van der Waals surface area contributed by atoms with Gasteiger partial charge in [-0.05, 0) is 48.4 Å². The van der Waals surface area contributed by atoms with Crippen LogP contribution in [0.1, 0.15) is 38.7 Å². The van der Waals surface area contributed by atoms with E-state index >= 15 is 0 Å². The summed E-state index contributed by atoms with van der Waals surface area (Å²) >= 11 is 0. The van der Waals surface area contributed by atoms with Crippen molar-refractivity contribution in [2.24, 2.45) is 5.92 Å². The fraction of sp³-hybridized carbons (Fsp3) is 0.526. The van der Waals surface area contributed by atoms with Crippen molar-refractivity contribution >= 4 is 5.97 Å². The number of carboxylic acids is 1. The second kappa shape index (κ2) is 8.94. The molecule has 6 heteroatoms. The first-order valence-electron chi connectivity index (χ1n) is 8.46. The fourth-order valence-electron chi connectivity index (χ4n) is 2.86. The van der Waals surface area contributed by atoms with Crippen LogP contribution in [0.2, 0.25) is 0 Å². The lowest BCUT2D eigenvalue weighted by Crippen LogP contribution is -2.18. The van der Waals surface area contributed by atoms with Crippen molar-refractivity contribution in [2.45, 2.75) is 39.5 Å². The molecule has 138 valence electrons. The van der Waals surface area contributed by atoms with Crippen molar-refractivity contribution < 1.29 is 28.2 Å². The van der Waals surface area contributed by atoms with Crippen LogP contribution >= 0.6 is 0 Å². The van der Waals surface area contributed by atoms with Crippen molar-refractivity contribution in [3.63, 3.8) is 0 Å². The normalized spacial score (nSPS) is 14.9. The molecule has 1 aromatic carbocycles. The van der Waals surface area contributed by atoms with Gasteiger partial charge in [-0.15, -0.1) is 0 Å². The Labute approximate surface area is 146 Å². The maximum absolute atomic E-state index is 14.1. The minimum absolute atomic E-state index is 0.0704. The highest BCUT2D eigenvalue weighted by Gasteiger charge is 2.18. The first kappa shape index (κ1) is 19.4. The number of hydrogen-bond donors (Lipinski definition) is 1. The lowest BCUT2D eigenvalue weighted by atomic mass is 9.95. The molecule has 0 radical (unpaired) electrons. The van der Waals surface area contributed by atoms with Gasteiger partial charge in [0, 0.05) is 6.42 Å². The molecule has 2 rings (SSSR count). The predicted molar refractivity (Wildman–Crippen MR) is 89.7 cm³/mol. The summed E-state index contributed by atoms with van der Waals surface area (Å²) in [7, 11) is 0. The Morgan fingerprint density at radius 1 is 1.28 bits per heavy atom. The summed E-state index contributed by atoms with van der Waals surface area (Å²) in [5.41, 5.74) is 2.47. The van der Waals surface area contributed by atoms with Crippen molar-refractivity contribution in [1.29, 1.82) is 0 Å². The molecular formula is C19H24F2O4. The van der Waals surface area contributed by atoms with Gasteiger partial charge in [0.25, 0.3) is 0 Å². The van der Waals surface area contributed by atoms with Crippen LogP contribution in [0.5, 0.6) is 5.75 Å². The Hall–Kier alpha value is -1.95. The van der Waals surface area contributed by atoms with Gasteiger partial charge in [-0.3, -0.25) is 4.79 Å². The Kier molecular flexibility index (Phi) is 6.93. The first-order chi connectivity index (χ1) is 11.9. The van der Waals surface area contributed by atoms with E-state index in [2.05, 4.69) is 13.8 Å². The predicted octanol–water partition coefficient (Wildman–Crippen LogP) is 4.12. The molecule has 1 aliphatic heterocycles. The van der Waals surface area contributed by atoms with Crippen LogP contribution in [0.25, 0.3) is 0 Å². The summed E-state index contributed by atoms with van der Waals surface area (Å²) in [4.78, 5) is 10.6. The van der Waals surface area contributed by atoms with Gasteiger partial charge >= 0.3 is 5.97 Å². The lowest BCUT2D eigenvalue weighted by molar-refractivity contribution is -0.136. The van der Waals surface area contributed by atoms with Crippen LogP contribution in [0.15, 0.2) is 23.3 Å². The van der Waals surface area contributed by atoms with Crippen molar-refractivity contribution in [3.05, 3.63) is 40.5 Å². The zero-order valence-electron chi connectivity index (χ0n) is 14.6. The lowest BCUT2D eigenvalue weighted by Gasteiger charge is -2.22. The van der Waals surface area contributed by atoms with Crippen LogP contribution in [-0.2, 0) is 16.0 Å². The van der Waals surface area contributed by atoms with E-state index in [1.165, 1.54) is 5.57 Å². The summed E-state index contributed by atoms with van der Waals surface area (Å²) in [5.74, 6) is -2.58. The molecule has 0 spiro atoms. The fourth-order valence-corrected chi connectivity index (χ4v) is 2.86. The van der Waals surface area contributed by atoms with Crippen LogP contribution < -0.4 is 4.74 Å². The number of aliphatic carboxylic acids is 1. The Bertz CT molecular complexity index is 630. The first-order valence-corrected chi connectivity index (χ1v) is 8.46. The third-order valence-electron chi connectivity index (χ3n) is 4.06. The van der Waals surface area contributed by atoms with Gasteiger partial charge in [0.15, 0.2) is 17.4 Å². The Morgan fingerprint density at radius 2 is 1.96 bits per heavy atom. The molecule has 1 aliphatic rings. The van der Waals surface area contributed by atoms with E-state index in [0.717, 1.165) is 30.5 Å². The monoisotopic (exact) mass is 354 g/mol. The molecule has 1 aromatic rings. The topological polar surface area (TPSA) is 55.8 Å². The van der Waals surface area contributed by atoms with Crippen LogP contribution in [0.3, 0.4) is 0 Å². The average Bonchev–Trinajstić information content (AvgIpc) is 2.53. The number of carboxylic acid groups (broad SMARTS) is 1. The standard InChI is InChI=1S/C19H24F2O4/c1-12(2)7-14-5-6-24-10-15(14)11-25-19-16(20)8-13(9-17(19)21)3-4-18(22)23/h8-9,12H,3-7,10-11H2,1-2H3,(H,22,23). The Morgan fingerprint density at radius 3 is 2.56 bits per heavy atom. The molecule has 1 heterocycles. The van der Waals surface area contributed by atoms with Gasteiger partial charge in [0.2, 0.25) is 0 Å². The minimum atomic E-state index is -1.01. The smallest absolute Gasteiger partial charge is 0.303 e. The summed E-state index contributed by atoms with van der Waals surface area (Å²) < 4.78 is 39.1. The van der Waals surface area contributed by atoms with Crippen molar-refractivity contribution in [1.82, 2.24) is 0 Å². The number of ether oxygens (including phenoxy) is 2. The third-order valence-corrected chi connectivity index (χ3v) is 4.06. The average molecular weight is 354 g/mol. The van der Waals surface area contributed by atoms with Crippen LogP contribution in [-0.4, -0.2) is 30.9 Å². The number of carbonyl (C=O) groups is 1. The van der Waals surface area contributed by atoms with Crippen LogP contribution in [0, 0.1) is 17.6 Å².